The fourth-order valence-electron chi connectivity index (χ4n) is 2.03. The number of rotatable bonds is 6. The largest absolute Gasteiger partial charge is 0.497 e. The molecule has 0 saturated carbocycles. The summed E-state index contributed by atoms with van der Waals surface area (Å²) in [5.41, 5.74) is 1.12. The lowest BCUT2D eigenvalue weighted by atomic mass is 10.2. The van der Waals surface area contributed by atoms with Crippen molar-refractivity contribution < 1.29 is 4.74 Å². The van der Waals surface area contributed by atoms with Crippen LogP contribution in [0.15, 0.2) is 35.6 Å². The van der Waals surface area contributed by atoms with E-state index in [-0.39, 0.29) is 0 Å². The molecule has 0 radical (unpaired) electrons. The maximum Gasteiger partial charge on any atom is 0.191 e. The fraction of sp³-hybridized carbons (Fsp3) is 0.400. The number of methoxy groups -OCH3 is 1. The lowest BCUT2D eigenvalue weighted by molar-refractivity contribution is 0.414. The number of nitrogens with one attached hydrogen (secondary N) is 2. The van der Waals surface area contributed by atoms with Gasteiger partial charge in [0.15, 0.2) is 11.8 Å². The summed E-state index contributed by atoms with van der Waals surface area (Å²) in [7, 11) is 3.41. The third kappa shape index (κ3) is 4.21. The van der Waals surface area contributed by atoms with E-state index in [1.165, 1.54) is 0 Å². The molecule has 2 N–H and O–H groups in total. The van der Waals surface area contributed by atoms with E-state index in [0.29, 0.717) is 19.0 Å². The van der Waals surface area contributed by atoms with E-state index in [0.717, 1.165) is 23.7 Å². The highest BCUT2D eigenvalue weighted by Gasteiger charge is 2.04. The smallest absolute Gasteiger partial charge is 0.191 e. The minimum atomic E-state index is 0.575. The van der Waals surface area contributed by atoms with E-state index in [2.05, 4.69) is 32.7 Å². The molecule has 7 heteroatoms. The minimum Gasteiger partial charge on any atom is -0.497 e. The van der Waals surface area contributed by atoms with Gasteiger partial charge in [0.25, 0.3) is 0 Å². The molecular weight excluding hydrogens is 280 g/mol. The molecule has 1 aromatic carbocycles. The van der Waals surface area contributed by atoms with Crippen LogP contribution in [0.4, 0.5) is 0 Å². The highest BCUT2D eigenvalue weighted by molar-refractivity contribution is 5.79. The first kappa shape index (κ1) is 15.8. The van der Waals surface area contributed by atoms with Crippen molar-refractivity contribution in [2.45, 2.75) is 26.6 Å². The van der Waals surface area contributed by atoms with Gasteiger partial charge in [-0.3, -0.25) is 4.99 Å². The van der Waals surface area contributed by atoms with Crippen molar-refractivity contribution in [3.8, 4) is 5.75 Å². The van der Waals surface area contributed by atoms with Crippen LogP contribution in [-0.4, -0.2) is 34.9 Å². The van der Waals surface area contributed by atoms with Gasteiger partial charge in [0, 0.05) is 20.1 Å². The van der Waals surface area contributed by atoms with Gasteiger partial charge >= 0.3 is 0 Å². The summed E-state index contributed by atoms with van der Waals surface area (Å²) in [4.78, 5) is 4.21. The molecule has 1 aromatic heterocycles. The number of aliphatic imine (C=N–C) groups is 1. The van der Waals surface area contributed by atoms with Crippen LogP contribution in [0.3, 0.4) is 0 Å². The number of nitrogens with zero attached hydrogens (tertiary/aromatic N) is 4. The molecule has 118 valence electrons. The zero-order valence-corrected chi connectivity index (χ0v) is 13.2. The van der Waals surface area contributed by atoms with Crippen LogP contribution in [0, 0.1) is 0 Å². The van der Waals surface area contributed by atoms with E-state index in [9.17, 15) is 0 Å². The fourth-order valence-corrected chi connectivity index (χ4v) is 2.03. The maximum atomic E-state index is 5.22. The topological polar surface area (TPSA) is 76.4 Å². The lowest BCUT2D eigenvalue weighted by Crippen LogP contribution is -2.37. The van der Waals surface area contributed by atoms with Gasteiger partial charge in [0.2, 0.25) is 0 Å². The van der Waals surface area contributed by atoms with Gasteiger partial charge < -0.3 is 19.9 Å². The molecule has 0 bridgehead atoms. The first-order chi connectivity index (χ1) is 10.8. The number of aromatic nitrogens is 3. The monoisotopic (exact) mass is 302 g/mol. The Morgan fingerprint density at radius 2 is 2.14 bits per heavy atom. The molecule has 0 spiro atoms. The Balaban J connectivity index is 1.87. The van der Waals surface area contributed by atoms with Crippen LogP contribution in [-0.2, 0) is 19.6 Å². The quantitative estimate of drug-likeness (QED) is 0.619. The predicted molar refractivity (Wildman–Crippen MR) is 85.7 cm³/mol. The molecule has 0 unspecified atom stereocenters. The summed E-state index contributed by atoms with van der Waals surface area (Å²) in [6.45, 7) is 4.14. The van der Waals surface area contributed by atoms with Crippen molar-refractivity contribution in [1.29, 1.82) is 0 Å². The van der Waals surface area contributed by atoms with Gasteiger partial charge in [-0.05, 0) is 24.6 Å². The van der Waals surface area contributed by atoms with Crippen LogP contribution >= 0.6 is 0 Å². The van der Waals surface area contributed by atoms with Crippen LogP contribution in [0.1, 0.15) is 18.3 Å². The third-order valence-electron chi connectivity index (χ3n) is 3.27. The summed E-state index contributed by atoms with van der Waals surface area (Å²) in [5, 5.41) is 14.5. The van der Waals surface area contributed by atoms with Gasteiger partial charge in [-0.15, -0.1) is 10.2 Å². The predicted octanol–water partition coefficient (Wildman–Crippen LogP) is 1.17. The van der Waals surface area contributed by atoms with E-state index in [1.54, 1.807) is 20.5 Å². The van der Waals surface area contributed by atoms with Crippen molar-refractivity contribution >= 4 is 5.96 Å². The molecule has 0 atom stereocenters. The van der Waals surface area contributed by atoms with E-state index in [1.807, 2.05) is 28.8 Å². The Kier molecular flexibility index (Phi) is 5.76. The Labute approximate surface area is 130 Å². The standard InChI is InChI=1S/C15H22N6O/c1-4-21-11-19-20-14(21)10-18-15(16-2)17-9-12-6-5-7-13(8-12)22-3/h5-8,11H,4,9-10H2,1-3H3,(H2,16,17,18). The van der Waals surface area contributed by atoms with Crippen molar-refractivity contribution in [2.75, 3.05) is 14.2 Å². The Bertz CT molecular complexity index is 622. The van der Waals surface area contributed by atoms with Crippen LogP contribution in [0.5, 0.6) is 5.75 Å². The zero-order chi connectivity index (χ0) is 15.8. The highest BCUT2D eigenvalue weighted by Crippen LogP contribution is 2.11. The van der Waals surface area contributed by atoms with Gasteiger partial charge in [-0.2, -0.15) is 0 Å². The summed E-state index contributed by atoms with van der Waals surface area (Å²) in [5.74, 6) is 2.44. The van der Waals surface area contributed by atoms with E-state index >= 15 is 0 Å². The Morgan fingerprint density at radius 1 is 1.32 bits per heavy atom. The first-order valence-electron chi connectivity index (χ1n) is 7.21. The molecule has 0 aliphatic rings. The molecule has 0 aliphatic carbocycles. The SMILES string of the molecule is CCn1cnnc1CNC(=NC)NCc1cccc(OC)c1. The maximum absolute atomic E-state index is 5.22. The molecule has 2 rings (SSSR count). The molecule has 0 amide bonds. The summed E-state index contributed by atoms with van der Waals surface area (Å²) in [6, 6.07) is 7.93. The zero-order valence-electron chi connectivity index (χ0n) is 13.2. The second-order valence-electron chi connectivity index (χ2n) is 4.66. The number of hydrogen-bond donors (Lipinski definition) is 2. The summed E-state index contributed by atoms with van der Waals surface area (Å²) >= 11 is 0. The van der Waals surface area contributed by atoms with Crippen LogP contribution in [0.2, 0.25) is 0 Å². The molecule has 22 heavy (non-hydrogen) atoms. The number of hydrogen-bond acceptors (Lipinski definition) is 4. The summed E-state index contributed by atoms with van der Waals surface area (Å²) in [6.07, 6.45) is 1.73. The summed E-state index contributed by atoms with van der Waals surface area (Å²) < 4.78 is 7.21. The number of benzene rings is 1. The van der Waals surface area contributed by atoms with Crippen molar-refractivity contribution in [3.63, 3.8) is 0 Å². The lowest BCUT2D eigenvalue weighted by Gasteiger charge is -2.12. The number of aryl methyl sites for hydroxylation is 1. The molecule has 2 aromatic rings. The van der Waals surface area contributed by atoms with Crippen molar-refractivity contribution in [1.82, 2.24) is 25.4 Å². The average molecular weight is 302 g/mol. The molecule has 0 fully saturated rings. The van der Waals surface area contributed by atoms with E-state index < -0.39 is 0 Å². The van der Waals surface area contributed by atoms with Gasteiger partial charge in [0.1, 0.15) is 12.1 Å². The first-order valence-corrected chi connectivity index (χ1v) is 7.21. The molecular formula is C15H22N6O. The normalized spacial score (nSPS) is 11.3. The van der Waals surface area contributed by atoms with Crippen molar-refractivity contribution in [3.05, 3.63) is 42.0 Å². The minimum absolute atomic E-state index is 0.575. The van der Waals surface area contributed by atoms with Gasteiger partial charge in [0.05, 0.1) is 13.7 Å². The molecule has 1 heterocycles. The number of ether oxygens (including phenoxy) is 1. The Hall–Kier alpha value is -2.57. The van der Waals surface area contributed by atoms with Gasteiger partial charge in [-0.1, -0.05) is 12.1 Å². The average Bonchev–Trinajstić information content (AvgIpc) is 3.02. The Morgan fingerprint density at radius 3 is 2.86 bits per heavy atom. The second kappa shape index (κ2) is 8.02. The van der Waals surface area contributed by atoms with Crippen molar-refractivity contribution in [2.24, 2.45) is 4.99 Å². The van der Waals surface area contributed by atoms with Crippen LogP contribution < -0.4 is 15.4 Å². The van der Waals surface area contributed by atoms with Crippen LogP contribution in [0.25, 0.3) is 0 Å². The highest BCUT2D eigenvalue weighted by atomic mass is 16.5. The third-order valence-corrected chi connectivity index (χ3v) is 3.27. The van der Waals surface area contributed by atoms with E-state index in [4.69, 9.17) is 4.74 Å². The molecule has 0 saturated heterocycles. The second-order valence-corrected chi connectivity index (χ2v) is 4.66. The number of guanidine groups is 1. The van der Waals surface area contributed by atoms with Gasteiger partial charge in [-0.25, -0.2) is 0 Å². The molecule has 7 nitrogen and oxygen atoms in total. The molecule has 0 aliphatic heterocycles.